The molecule has 1 rings (SSSR count). The molecule has 0 aromatic heterocycles. The van der Waals surface area contributed by atoms with Gasteiger partial charge in [0.1, 0.15) is 0 Å². The van der Waals surface area contributed by atoms with Gasteiger partial charge < -0.3 is 17.2 Å². The monoisotopic (exact) mass is 123 g/mol. The van der Waals surface area contributed by atoms with E-state index in [-0.39, 0.29) is 0 Å². The van der Waals surface area contributed by atoms with E-state index in [1.807, 2.05) is 0 Å². The molecule has 0 amide bonds. The van der Waals surface area contributed by atoms with Gasteiger partial charge in [-0.1, -0.05) is 0 Å². The highest BCUT2D eigenvalue weighted by Gasteiger charge is 1.90. The molecule has 0 aliphatic rings. The number of hydrogen-bond donors (Lipinski definition) is 3. The lowest BCUT2D eigenvalue weighted by molar-refractivity contribution is 1.65. The van der Waals surface area contributed by atoms with Crippen molar-refractivity contribution in [1.82, 2.24) is 0 Å². The van der Waals surface area contributed by atoms with Crippen LogP contribution in [0, 0.1) is 0 Å². The first kappa shape index (κ1) is 5.75. The second kappa shape index (κ2) is 1.85. The summed E-state index contributed by atoms with van der Waals surface area (Å²) in [6.45, 7) is 0. The summed E-state index contributed by atoms with van der Waals surface area (Å²) in [7, 11) is 0. The van der Waals surface area contributed by atoms with Crippen LogP contribution in [-0.4, -0.2) is 0 Å². The maximum absolute atomic E-state index is 5.42. The van der Waals surface area contributed by atoms with Crippen LogP contribution in [-0.2, 0) is 0 Å². The second-order valence-corrected chi connectivity index (χ2v) is 1.89. The largest absolute Gasteiger partial charge is 0.399 e. The highest BCUT2D eigenvalue weighted by molar-refractivity contribution is 5.67. The maximum Gasteiger partial charge on any atom is 0.0568 e. The number of anilines is 3. The first-order valence-corrected chi connectivity index (χ1v) is 2.60. The van der Waals surface area contributed by atoms with Crippen molar-refractivity contribution >= 4 is 17.1 Å². The van der Waals surface area contributed by atoms with E-state index in [9.17, 15) is 0 Å². The molecule has 0 fully saturated rings. The van der Waals surface area contributed by atoms with Crippen molar-refractivity contribution in [2.45, 2.75) is 0 Å². The van der Waals surface area contributed by atoms with E-state index >= 15 is 0 Å². The molecule has 3 heteroatoms. The number of hydrogen-bond acceptors (Lipinski definition) is 3. The molecular formula is C6H9N3. The molecule has 0 aliphatic carbocycles. The van der Waals surface area contributed by atoms with E-state index in [1.165, 1.54) is 0 Å². The van der Waals surface area contributed by atoms with Crippen molar-refractivity contribution in [2.24, 2.45) is 0 Å². The Morgan fingerprint density at radius 2 is 1.56 bits per heavy atom. The molecule has 0 saturated heterocycles. The van der Waals surface area contributed by atoms with Crippen molar-refractivity contribution < 1.29 is 0 Å². The SMILES string of the molecule is Nc1ccc(N)c(N)c1. The standard InChI is InChI=1S/C6H9N3/c7-4-1-2-5(8)6(9)3-4/h1-3H,7-9H2. The molecule has 48 valence electrons. The van der Waals surface area contributed by atoms with Crippen LogP contribution < -0.4 is 17.2 Å². The van der Waals surface area contributed by atoms with Gasteiger partial charge in [0.25, 0.3) is 0 Å². The number of benzene rings is 1. The van der Waals surface area contributed by atoms with Gasteiger partial charge in [-0.15, -0.1) is 0 Å². The molecule has 0 aliphatic heterocycles. The summed E-state index contributed by atoms with van der Waals surface area (Å²) in [6, 6.07) is 5.03. The van der Waals surface area contributed by atoms with E-state index in [4.69, 9.17) is 17.2 Å². The minimum Gasteiger partial charge on any atom is -0.399 e. The number of rotatable bonds is 0. The van der Waals surface area contributed by atoms with Crippen LogP contribution in [0.3, 0.4) is 0 Å². The van der Waals surface area contributed by atoms with Gasteiger partial charge in [0.2, 0.25) is 0 Å². The lowest BCUT2D eigenvalue weighted by Crippen LogP contribution is -1.95. The third-order valence-electron chi connectivity index (χ3n) is 1.11. The summed E-state index contributed by atoms with van der Waals surface area (Å²) in [5, 5.41) is 0. The lowest BCUT2D eigenvalue weighted by atomic mass is 10.2. The first-order chi connectivity index (χ1) is 4.20. The first-order valence-electron chi connectivity index (χ1n) is 2.60. The fraction of sp³-hybridized carbons (Fsp3) is 0. The fourth-order valence-electron chi connectivity index (χ4n) is 0.593. The van der Waals surface area contributed by atoms with Crippen molar-refractivity contribution in [3.63, 3.8) is 0 Å². The lowest BCUT2D eigenvalue weighted by Gasteiger charge is -1.98. The Morgan fingerprint density at radius 3 is 2.00 bits per heavy atom. The fourth-order valence-corrected chi connectivity index (χ4v) is 0.593. The second-order valence-electron chi connectivity index (χ2n) is 1.89. The average molecular weight is 123 g/mol. The summed E-state index contributed by atoms with van der Waals surface area (Å²) in [5.41, 5.74) is 18.0. The molecule has 0 radical (unpaired) electrons. The van der Waals surface area contributed by atoms with Crippen molar-refractivity contribution in [3.05, 3.63) is 18.2 Å². The van der Waals surface area contributed by atoms with Crippen LogP contribution >= 0.6 is 0 Å². The van der Waals surface area contributed by atoms with E-state index in [0.717, 1.165) is 0 Å². The minimum absolute atomic E-state index is 0.537. The van der Waals surface area contributed by atoms with E-state index in [1.54, 1.807) is 18.2 Å². The van der Waals surface area contributed by atoms with Crippen LogP contribution in [0.25, 0.3) is 0 Å². The zero-order valence-electron chi connectivity index (χ0n) is 4.96. The normalized spacial score (nSPS) is 9.33. The topological polar surface area (TPSA) is 78.1 Å². The van der Waals surface area contributed by atoms with Crippen LogP contribution in [0.2, 0.25) is 0 Å². The molecule has 0 unspecified atom stereocenters. The quantitative estimate of drug-likeness (QED) is 0.438. The molecule has 9 heavy (non-hydrogen) atoms. The third-order valence-corrected chi connectivity index (χ3v) is 1.11. The molecule has 1 aromatic rings. The van der Waals surface area contributed by atoms with E-state index in [0.29, 0.717) is 17.1 Å². The minimum atomic E-state index is 0.537. The summed E-state index contributed by atoms with van der Waals surface area (Å²) >= 11 is 0. The van der Waals surface area contributed by atoms with Gasteiger partial charge in [0, 0.05) is 5.69 Å². The molecule has 3 nitrogen and oxygen atoms in total. The Bertz CT molecular complexity index is 220. The summed E-state index contributed by atoms with van der Waals surface area (Å²) in [4.78, 5) is 0. The van der Waals surface area contributed by atoms with Gasteiger partial charge >= 0.3 is 0 Å². The average Bonchev–Trinajstić information content (AvgIpc) is 1.80. The third kappa shape index (κ3) is 1.05. The van der Waals surface area contributed by atoms with Crippen molar-refractivity contribution in [2.75, 3.05) is 17.2 Å². The van der Waals surface area contributed by atoms with Gasteiger partial charge in [-0.2, -0.15) is 0 Å². The Balaban J connectivity index is 3.17. The van der Waals surface area contributed by atoms with Gasteiger partial charge in [0.05, 0.1) is 11.4 Å². The summed E-state index contributed by atoms with van der Waals surface area (Å²) in [5.74, 6) is 0. The van der Waals surface area contributed by atoms with E-state index < -0.39 is 0 Å². The predicted octanol–water partition coefficient (Wildman–Crippen LogP) is 0.433. The van der Waals surface area contributed by atoms with E-state index in [2.05, 4.69) is 0 Å². The zero-order valence-corrected chi connectivity index (χ0v) is 4.96. The molecular weight excluding hydrogens is 114 g/mol. The van der Waals surface area contributed by atoms with Crippen molar-refractivity contribution in [1.29, 1.82) is 0 Å². The van der Waals surface area contributed by atoms with Crippen LogP contribution in [0.5, 0.6) is 0 Å². The molecule has 0 bridgehead atoms. The van der Waals surface area contributed by atoms with Crippen molar-refractivity contribution in [3.8, 4) is 0 Å². The molecule has 0 spiro atoms. The van der Waals surface area contributed by atoms with Crippen LogP contribution in [0.1, 0.15) is 0 Å². The van der Waals surface area contributed by atoms with Crippen LogP contribution in [0.4, 0.5) is 17.1 Å². The van der Waals surface area contributed by atoms with Gasteiger partial charge in [-0.25, -0.2) is 0 Å². The van der Waals surface area contributed by atoms with Gasteiger partial charge in [-0.3, -0.25) is 0 Å². The Morgan fingerprint density at radius 1 is 0.889 bits per heavy atom. The zero-order chi connectivity index (χ0) is 6.85. The van der Waals surface area contributed by atoms with Crippen LogP contribution in [0.15, 0.2) is 18.2 Å². The molecule has 0 atom stereocenters. The number of nitrogens with two attached hydrogens (primary N) is 3. The molecule has 0 saturated carbocycles. The maximum atomic E-state index is 5.42. The molecule has 6 N–H and O–H groups in total. The highest BCUT2D eigenvalue weighted by atomic mass is 14.7. The summed E-state index contributed by atoms with van der Waals surface area (Å²) < 4.78 is 0. The van der Waals surface area contributed by atoms with Gasteiger partial charge in [-0.05, 0) is 18.2 Å². The smallest absolute Gasteiger partial charge is 0.0568 e. The summed E-state index contributed by atoms with van der Waals surface area (Å²) in [6.07, 6.45) is 0. The predicted molar refractivity (Wildman–Crippen MR) is 39.7 cm³/mol. The number of nitrogen functional groups attached to an aromatic ring is 3. The Hall–Kier alpha value is -1.38. The Labute approximate surface area is 53.5 Å². The highest BCUT2D eigenvalue weighted by Crippen LogP contribution is 2.16. The van der Waals surface area contributed by atoms with Gasteiger partial charge in [0.15, 0.2) is 0 Å². The Kier molecular flexibility index (Phi) is 1.18. The molecule has 0 heterocycles. The molecule has 1 aromatic carbocycles.